The maximum absolute atomic E-state index is 13.2. The summed E-state index contributed by atoms with van der Waals surface area (Å²) in [6.07, 6.45) is 0.0594. The number of nitrogens with one attached hydrogen (secondary N) is 1. The van der Waals surface area contributed by atoms with Crippen molar-refractivity contribution in [3.05, 3.63) is 94.8 Å². The molecule has 0 unspecified atom stereocenters. The first-order valence-electron chi connectivity index (χ1n) is 13.3. The van der Waals surface area contributed by atoms with E-state index in [2.05, 4.69) is 67.1 Å². The maximum atomic E-state index is 13.2. The highest BCUT2D eigenvalue weighted by atomic mass is 16.6. The van der Waals surface area contributed by atoms with Gasteiger partial charge in [0.15, 0.2) is 0 Å². The fraction of sp³-hybridized carbons (Fsp3) is 0.344. The molecule has 1 aromatic heterocycles. The first kappa shape index (κ1) is 27.9. The molecule has 1 heterocycles. The standard InChI is InChI=1S/C32H37N3O4/c1-21-12-14-25(15-13-21)35-28-19-23(3)22(2)18-27(28)33-29(35)17-16-26(34-31(37)39-32(4,5)6)30(36)38-20-24-10-8-7-9-11-24/h7-15,18-19,26H,16-17,20H2,1-6H3,(H,34,37)/t26-/m0/s1. The van der Waals surface area contributed by atoms with Crippen molar-refractivity contribution in [2.75, 3.05) is 0 Å². The lowest BCUT2D eigenvalue weighted by atomic mass is 10.1. The molecule has 0 saturated carbocycles. The molecule has 1 N–H and O–H groups in total. The van der Waals surface area contributed by atoms with E-state index in [0.29, 0.717) is 12.8 Å². The van der Waals surface area contributed by atoms with Crippen LogP contribution in [0.5, 0.6) is 0 Å². The molecule has 0 saturated heterocycles. The lowest BCUT2D eigenvalue weighted by Crippen LogP contribution is -2.44. The van der Waals surface area contributed by atoms with E-state index in [1.54, 1.807) is 20.8 Å². The van der Waals surface area contributed by atoms with Crippen molar-refractivity contribution in [3.63, 3.8) is 0 Å². The van der Waals surface area contributed by atoms with Crippen molar-refractivity contribution >= 4 is 23.1 Å². The van der Waals surface area contributed by atoms with E-state index in [-0.39, 0.29) is 6.61 Å². The molecule has 39 heavy (non-hydrogen) atoms. The second-order valence-corrected chi connectivity index (χ2v) is 11.0. The number of carbonyl (C=O) groups is 2. The Morgan fingerprint density at radius 2 is 1.62 bits per heavy atom. The first-order chi connectivity index (χ1) is 18.5. The largest absolute Gasteiger partial charge is 0.459 e. The number of hydrogen-bond donors (Lipinski definition) is 1. The molecule has 4 aromatic rings. The summed E-state index contributed by atoms with van der Waals surface area (Å²) >= 11 is 0. The fourth-order valence-electron chi connectivity index (χ4n) is 4.33. The molecule has 0 fully saturated rings. The molecule has 7 heteroatoms. The minimum absolute atomic E-state index is 0.118. The van der Waals surface area contributed by atoms with Crippen molar-refractivity contribution in [3.8, 4) is 5.69 Å². The summed E-state index contributed by atoms with van der Waals surface area (Å²) in [6.45, 7) is 11.7. The molecular weight excluding hydrogens is 490 g/mol. The molecule has 0 radical (unpaired) electrons. The van der Waals surface area contributed by atoms with Crippen molar-refractivity contribution < 1.29 is 19.1 Å². The third-order valence-corrected chi connectivity index (χ3v) is 6.49. The van der Waals surface area contributed by atoms with E-state index in [9.17, 15) is 9.59 Å². The van der Waals surface area contributed by atoms with Crippen LogP contribution in [0, 0.1) is 20.8 Å². The summed E-state index contributed by atoms with van der Waals surface area (Å²) in [5.74, 6) is 0.278. The van der Waals surface area contributed by atoms with Gasteiger partial charge < -0.3 is 14.8 Å². The Morgan fingerprint density at radius 3 is 2.28 bits per heavy atom. The van der Waals surface area contributed by atoms with Crippen LogP contribution in [0.25, 0.3) is 16.7 Å². The second kappa shape index (κ2) is 11.7. The van der Waals surface area contributed by atoms with Gasteiger partial charge in [0.05, 0.1) is 11.0 Å². The summed E-state index contributed by atoms with van der Waals surface area (Å²) < 4.78 is 13.2. The number of alkyl carbamates (subject to hydrolysis) is 1. The molecule has 0 spiro atoms. The predicted molar refractivity (Wildman–Crippen MR) is 153 cm³/mol. The van der Waals surface area contributed by atoms with Gasteiger partial charge in [-0.25, -0.2) is 14.6 Å². The van der Waals surface area contributed by atoms with Gasteiger partial charge in [0.2, 0.25) is 0 Å². The number of esters is 1. The van der Waals surface area contributed by atoms with E-state index in [4.69, 9.17) is 14.5 Å². The van der Waals surface area contributed by atoms with Crippen LogP contribution in [0.3, 0.4) is 0 Å². The summed E-state index contributed by atoms with van der Waals surface area (Å²) in [7, 11) is 0. The van der Waals surface area contributed by atoms with Gasteiger partial charge in [-0.15, -0.1) is 0 Å². The molecule has 204 valence electrons. The zero-order valence-corrected chi connectivity index (χ0v) is 23.6. The molecule has 0 aliphatic heterocycles. The normalized spacial score (nSPS) is 12.3. The minimum atomic E-state index is -0.904. The molecule has 0 aliphatic carbocycles. The number of imidazole rings is 1. The quantitative estimate of drug-likeness (QED) is 0.264. The number of amides is 1. The van der Waals surface area contributed by atoms with Crippen LogP contribution >= 0.6 is 0 Å². The average molecular weight is 528 g/mol. The monoisotopic (exact) mass is 527 g/mol. The van der Waals surface area contributed by atoms with Gasteiger partial charge in [-0.3, -0.25) is 4.57 Å². The third-order valence-electron chi connectivity index (χ3n) is 6.49. The Balaban J connectivity index is 1.62. The SMILES string of the molecule is Cc1ccc(-n2c(CC[C@H](NC(=O)OC(C)(C)C)C(=O)OCc3ccccc3)nc3cc(C)c(C)cc32)cc1. The highest BCUT2D eigenvalue weighted by Gasteiger charge is 2.27. The third kappa shape index (κ3) is 7.25. The first-order valence-corrected chi connectivity index (χ1v) is 13.3. The molecular formula is C32H37N3O4. The molecule has 0 aliphatic rings. The fourth-order valence-corrected chi connectivity index (χ4v) is 4.33. The van der Waals surface area contributed by atoms with Gasteiger partial charge in [0.25, 0.3) is 0 Å². The van der Waals surface area contributed by atoms with Gasteiger partial charge in [0, 0.05) is 12.1 Å². The van der Waals surface area contributed by atoms with E-state index >= 15 is 0 Å². The van der Waals surface area contributed by atoms with E-state index in [1.807, 2.05) is 30.3 Å². The highest BCUT2D eigenvalue weighted by molar-refractivity contribution is 5.82. The number of benzene rings is 3. The Kier molecular flexibility index (Phi) is 8.38. The number of carbonyl (C=O) groups excluding carboxylic acids is 2. The number of aromatic nitrogens is 2. The molecule has 1 atom stereocenters. The number of nitrogens with zero attached hydrogens (tertiary/aromatic N) is 2. The van der Waals surface area contributed by atoms with Crippen LogP contribution in [0.2, 0.25) is 0 Å². The zero-order chi connectivity index (χ0) is 28.2. The molecule has 3 aromatic carbocycles. The van der Waals surface area contributed by atoms with E-state index in [1.165, 1.54) is 11.1 Å². The highest BCUT2D eigenvalue weighted by Crippen LogP contribution is 2.26. The average Bonchev–Trinajstić information content (AvgIpc) is 3.22. The summed E-state index contributed by atoms with van der Waals surface area (Å²) in [4.78, 5) is 30.8. The predicted octanol–water partition coefficient (Wildman–Crippen LogP) is 6.52. The van der Waals surface area contributed by atoms with Crippen LogP contribution in [0.4, 0.5) is 4.79 Å². The molecule has 0 bridgehead atoms. The van der Waals surface area contributed by atoms with E-state index < -0.39 is 23.7 Å². The second-order valence-electron chi connectivity index (χ2n) is 11.0. The van der Waals surface area contributed by atoms with Gasteiger partial charge in [-0.2, -0.15) is 0 Å². The Bertz CT molecular complexity index is 1450. The lowest BCUT2D eigenvalue weighted by Gasteiger charge is -2.23. The van der Waals surface area contributed by atoms with Crippen LogP contribution < -0.4 is 5.32 Å². The number of fused-ring (bicyclic) bond motifs is 1. The van der Waals surface area contributed by atoms with Gasteiger partial charge in [0.1, 0.15) is 24.1 Å². The Hall–Kier alpha value is -4.13. The lowest BCUT2D eigenvalue weighted by molar-refractivity contribution is -0.147. The summed E-state index contributed by atoms with van der Waals surface area (Å²) in [5, 5.41) is 2.73. The zero-order valence-electron chi connectivity index (χ0n) is 23.6. The van der Waals surface area contributed by atoms with Crippen molar-refractivity contribution in [2.45, 2.75) is 72.6 Å². The van der Waals surface area contributed by atoms with Crippen LogP contribution in [0.1, 0.15) is 55.3 Å². The Labute approximate surface area is 230 Å². The van der Waals surface area contributed by atoms with Crippen molar-refractivity contribution in [1.29, 1.82) is 0 Å². The summed E-state index contributed by atoms with van der Waals surface area (Å²) in [5.41, 5.74) is 6.56. The molecule has 7 nitrogen and oxygen atoms in total. The van der Waals surface area contributed by atoms with Crippen LogP contribution in [0.15, 0.2) is 66.7 Å². The minimum Gasteiger partial charge on any atom is -0.459 e. The Morgan fingerprint density at radius 1 is 0.949 bits per heavy atom. The molecule has 4 rings (SSSR count). The van der Waals surface area contributed by atoms with Crippen molar-refractivity contribution in [2.24, 2.45) is 0 Å². The number of rotatable bonds is 8. The summed E-state index contributed by atoms with van der Waals surface area (Å²) in [6, 6.07) is 21.1. The van der Waals surface area contributed by atoms with Crippen LogP contribution in [-0.4, -0.2) is 33.3 Å². The van der Waals surface area contributed by atoms with Crippen molar-refractivity contribution in [1.82, 2.24) is 14.9 Å². The number of hydrogen-bond acceptors (Lipinski definition) is 5. The van der Waals surface area contributed by atoms with Gasteiger partial charge in [-0.05, 0) is 88.9 Å². The molecule has 1 amide bonds. The maximum Gasteiger partial charge on any atom is 0.408 e. The van der Waals surface area contributed by atoms with Crippen LogP contribution in [-0.2, 0) is 27.3 Å². The van der Waals surface area contributed by atoms with Gasteiger partial charge >= 0.3 is 12.1 Å². The number of ether oxygens (including phenoxy) is 2. The van der Waals surface area contributed by atoms with Gasteiger partial charge in [-0.1, -0.05) is 48.0 Å². The number of aryl methyl sites for hydroxylation is 4. The van der Waals surface area contributed by atoms with E-state index in [0.717, 1.165) is 33.7 Å². The topological polar surface area (TPSA) is 82.5 Å². The smallest absolute Gasteiger partial charge is 0.408 e.